The van der Waals surface area contributed by atoms with E-state index in [0.717, 1.165) is 0 Å². The normalized spacial score (nSPS) is 32.6. The minimum Gasteiger partial charge on any atom is -0.494 e. The minimum atomic E-state index is -0.743. The highest BCUT2D eigenvalue weighted by atomic mass is 79.9. The van der Waals surface area contributed by atoms with E-state index in [9.17, 15) is 19.5 Å². The molecule has 1 aromatic rings. The standard InChI is InChI=1S/C24H32BrN3O5S/c1-5-33-15-8-6-14(7-9-15)27-21(30)17-18-23(32)28(13(4)11-29)20(22(31)26-12(2)3)24(18)10-16(25)19(17)34-24/h6-9,12-13,16-20,29H,5,10-11H2,1-4H3,(H,26,31)(H,27,30)/t13-,16?,17-,18+,19-,20?,24?/m1/s1. The van der Waals surface area contributed by atoms with E-state index in [0.29, 0.717) is 24.5 Å². The van der Waals surface area contributed by atoms with Gasteiger partial charge in [0.05, 0.1) is 35.8 Å². The number of carbonyl (C=O) groups is 3. The van der Waals surface area contributed by atoms with Crippen LogP contribution in [0, 0.1) is 11.8 Å². The van der Waals surface area contributed by atoms with Crippen LogP contribution in [0.4, 0.5) is 5.69 Å². The Kier molecular flexibility index (Phi) is 7.22. The molecule has 186 valence electrons. The van der Waals surface area contributed by atoms with Gasteiger partial charge in [0, 0.05) is 21.8 Å². The van der Waals surface area contributed by atoms with Crippen molar-refractivity contribution in [3.8, 4) is 5.75 Å². The van der Waals surface area contributed by atoms with Crippen LogP contribution < -0.4 is 15.4 Å². The van der Waals surface area contributed by atoms with E-state index < -0.39 is 28.7 Å². The summed E-state index contributed by atoms with van der Waals surface area (Å²) in [4.78, 5) is 42.2. The van der Waals surface area contributed by atoms with Crippen LogP contribution in [0.5, 0.6) is 5.75 Å². The fourth-order valence-corrected chi connectivity index (χ4v) is 9.22. The zero-order valence-corrected chi connectivity index (χ0v) is 22.2. The largest absolute Gasteiger partial charge is 0.494 e. The maximum absolute atomic E-state index is 13.8. The van der Waals surface area contributed by atoms with Gasteiger partial charge in [0.15, 0.2) is 0 Å². The number of thioether (sulfide) groups is 1. The molecular weight excluding hydrogens is 522 g/mol. The van der Waals surface area contributed by atoms with Gasteiger partial charge in [0.25, 0.3) is 0 Å². The lowest BCUT2D eigenvalue weighted by molar-refractivity contribution is -0.141. The molecule has 0 radical (unpaired) electrons. The van der Waals surface area contributed by atoms with E-state index in [4.69, 9.17) is 4.74 Å². The number of carbonyl (C=O) groups excluding carboxylic acids is 3. The SMILES string of the molecule is CCOc1ccc(NC(=O)[C@H]2[C@@H]3SC4(CC3Br)C(C(=O)NC(C)C)N([C@H](C)CO)C(=O)[C@H]24)cc1. The molecule has 0 aromatic heterocycles. The number of aliphatic hydroxyl groups excluding tert-OH is 1. The summed E-state index contributed by atoms with van der Waals surface area (Å²) >= 11 is 5.32. The second kappa shape index (κ2) is 9.70. The van der Waals surface area contributed by atoms with Gasteiger partial charge < -0.3 is 25.4 Å². The number of halogens is 1. The number of hydrogen-bond acceptors (Lipinski definition) is 6. The number of benzene rings is 1. The number of likely N-dealkylation sites (tertiary alicyclic amines) is 1. The van der Waals surface area contributed by atoms with Crippen molar-refractivity contribution in [3.63, 3.8) is 0 Å². The molecule has 7 atom stereocenters. The lowest BCUT2D eigenvalue weighted by Crippen LogP contribution is -2.57. The van der Waals surface area contributed by atoms with Crippen molar-refractivity contribution in [2.75, 3.05) is 18.5 Å². The van der Waals surface area contributed by atoms with Crippen LogP contribution in [0.25, 0.3) is 0 Å². The van der Waals surface area contributed by atoms with Crippen molar-refractivity contribution >= 4 is 51.1 Å². The summed E-state index contributed by atoms with van der Waals surface area (Å²) < 4.78 is 4.74. The molecule has 3 saturated heterocycles. The molecule has 3 aliphatic rings. The Bertz CT molecular complexity index is 960. The number of nitrogens with zero attached hydrogens (tertiary/aromatic N) is 1. The van der Waals surface area contributed by atoms with Gasteiger partial charge in [-0.3, -0.25) is 14.4 Å². The Hall–Kier alpha value is -1.78. The average Bonchev–Trinajstić information content (AvgIpc) is 3.37. The number of fused-ring (bicyclic) bond motifs is 1. The summed E-state index contributed by atoms with van der Waals surface area (Å²) in [5.74, 6) is -1.19. The van der Waals surface area contributed by atoms with Crippen LogP contribution in [0.3, 0.4) is 0 Å². The second-order valence-corrected chi connectivity index (χ2v) is 12.3. The fraction of sp³-hybridized carbons (Fsp3) is 0.625. The number of alkyl halides is 1. The molecule has 3 fully saturated rings. The molecule has 3 amide bonds. The first kappa shape index (κ1) is 25.3. The van der Waals surface area contributed by atoms with Gasteiger partial charge in [-0.25, -0.2) is 0 Å². The lowest BCUT2D eigenvalue weighted by atomic mass is 9.70. The Morgan fingerprint density at radius 3 is 2.53 bits per heavy atom. The summed E-state index contributed by atoms with van der Waals surface area (Å²) in [6.07, 6.45) is 0.608. The molecule has 2 bridgehead atoms. The summed E-state index contributed by atoms with van der Waals surface area (Å²) in [7, 11) is 0. The van der Waals surface area contributed by atoms with Crippen molar-refractivity contribution in [2.24, 2.45) is 11.8 Å². The number of anilines is 1. The molecule has 1 spiro atoms. The molecular formula is C24H32BrN3O5S. The predicted octanol–water partition coefficient (Wildman–Crippen LogP) is 2.39. The molecule has 3 heterocycles. The molecule has 3 N–H and O–H groups in total. The molecule has 1 aromatic carbocycles. The Morgan fingerprint density at radius 1 is 1.26 bits per heavy atom. The van der Waals surface area contributed by atoms with Crippen molar-refractivity contribution in [1.29, 1.82) is 0 Å². The highest BCUT2D eigenvalue weighted by Gasteiger charge is 2.76. The van der Waals surface area contributed by atoms with Crippen LogP contribution in [0.15, 0.2) is 24.3 Å². The quantitative estimate of drug-likeness (QED) is 0.426. The molecule has 34 heavy (non-hydrogen) atoms. The number of hydrogen-bond donors (Lipinski definition) is 3. The molecule has 0 aliphatic carbocycles. The molecule has 0 saturated carbocycles. The summed E-state index contributed by atoms with van der Waals surface area (Å²) in [6.45, 7) is 7.70. The zero-order valence-electron chi connectivity index (χ0n) is 19.8. The van der Waals surface area contributed by atoms with Gasteiger partial charge in [0.2, 0.25) is 17.7 Å². The highest BCUT2D eigenvalue weighted by molar-refractivity contribution is 9.09. The molecule has 3 unspecified atom stereocenters. The Balaban J connectivity index is 1.66. The molecule has 8 nitrogen and oxygen atoms in total. The lowest BCUT2D eigenvalue weighted by Gasteiger charge is -2.37. The van der Waals surface area contributed by atoms with E-state index >= 15 is 0 Å². The average molecular weight is 555 g/mol. The smallest absolute Gasteiger partial charge is 0.244 e. The number of aliphatic hydroxyl groups is 1. The minimum absolute atomic E-state index is 0.00337. The van der Waals surface area contributed by atoms with Crippen LogP contribution in [-0.4, -0.2) is 73.9 Å². The van der Waals surface area contributed by atoms with Crippen molar-refractivity contribution in [2.45, 2.75) is 67.1 Å². The summed E-state index contributed by atoms with van der Waals surface area (Å²) in [5, 5.41) is 15.7. The molecule has 10 heteroatoms. The first-order chi connectivity index (χ1) is 16.1. The van der Waals surface area contributed by atoms with Gasteiger partial charge in [-0.05, 0) is 58.4 Å². The third-order valence-electron chi connectivity index (χ3n) is 6.88. The van der Waals surface area contributed by atoms with Crippen LogP contribution in [0.1, 0.15) is 34.1 Å². The molecule has 3 aliphatic heterocycles. The Labute approximate surface area is 212 Å². The summed E-state index contributed by atoms with van der Waals surface area (Å²) in [6, 6.07) is 5.78. The first-order valence-corrected chi connectivity index (χ1v) is 13.5. The fourth-order valence-electron chi connectivity index (χ4n) is 5.62. The van der Waals surface area contributed by atoms with Crippen LogP contribution in [0.2, 0.25) is 0 Å². The van der Waals surface area contributed by atoms with E-state index in [-0.39, 0.29) is 40.4 Å². The zero-order chi connectivity index (χ0) is 24.8. The van der Waals surface area contributed by atoms with Gasteiger partial charge in [-0.2, -0.15) is 0 Å². The van der Waals surface area contributed by atoms with E-state index in [2.05, 4.69) is 26.6 Å². The van der Waals surface area contributed by atoms with Crippen LogP contribution in [-0.2, 0) is 14.4 Å². The second-order valence-electron chi connectivity index (χ2n) is 9.55. The maximum Gasteiger partial charge on any atom is 0.244 e. The van der Waals surface area contributed by atoms with Crippen molar-refractivity contribution < 1.29 is 24.2 Å². The van der Waals surface area contributed by atoms with Gasteiger partial charge in [0.1, 0.15) is 11.8 Å². The van der Waals surface area contributed by atoms with Crippen molar-refractivity contribution in [1.82, 2.24) is 10.2 Å². The van der Waals surface area contributed by atoms with Crippen LogP contribution >= 0.6 is 27.7 Å². The van der Waals surface area contributed by atoms with Gasteiger partial charge >= 0.3 is 0 Å². The first-order valence-electron chi connectivity index (χ1n) is 11.7. The number of rotatable bonds is 8. The third kappa shape index (κ3) is 4.11. The van der Waals surface area contributed by atoms with Gasteiger partial charge in [-0.15, -0.1) is 11.8 Å². The summed E-state index contributed by atoms with van der Waals surface area (Å²) in [5.41, 5.74) is 0.626. The number of amides is 3. The third-order valence-corrected chi connectivity index (χ3v) is 10.1. The maximum atomic E-state index is 13.8. The van der Waals surface area contributed by atoms with E-state index in [1.54, 1.807) is 43.0 Å². The monoisotopic (exact) mass is 553 g/mol. The topological polar surface area (TPSA) is 108 Å². The van der Waals surface area contributed by atoms with Crippen molar-refractivity contribution in [3.05, 3.63) is 24.3 Å². The van der Waals surface area contributed by atoms with E-state index in [1.165, 1.54) is 4.90 Å². The predicted molar refractivity (Wildman–Crippen MR) is 135 cm³/mol. The Morgan fingerprint density at radius 2 is 1.94 bits per heavy atom. The highest BCUT2D eigenvalue weighted by Crippen LogP contribution is 2.68. The van der Waals surface area contributed by atoms with Gasteiger partial charge in [-0.1, -0.05) is 15.9 Å². The molecule has 4 rings (SSSR count). The van der Waals surface area contributed by atoms with E-state index in [1.807, 2.05) is 20.8 Å². The number of ether oxygens (including phenoxy) is 1. The number of nitrogens with one attached hydrogen (secondary N) is 2.